The van der Waals surface area contributed by atoms with Gasteiger partial charge in [0.15, 0.2) is 47.6 Å². The van der Waals surface area contributed by atoms with Gasteiger partial charge < -0.3 is 130 Å². The molecular formula is C88H110N20O34P6. The van der Waals surface area contributed by atoms with E-state index in [-0.39, 0.29) is 110 Å². The quantitative estimate of drug-likeness (QED) is 0.0148. The highest BCUT2D eigenvalue weighted by molar-refractivity contribution is 7.67. The van der Waals surface area contributed by atoms with Gasteiger partial charge in [-0.3, -0.25) is 46.5 Å². The summed E-state index contributed by atoms with van der Waals surface area (Å²) >= 11 is 0. The lowest BCUT2D eigenvalue weighted by Crippen LogP contribution is -2.76. The summed E-state index contributed by atoms with van der Waals surface area (Å²) in [6.07, 6.45) is -10.5. The van der Waals surface area contributed by atoms with E-state index in [1.165, 1.54) is 9.13 Å². The summed E-state index contributed by atoms with van der Waals surface area (Å²) in [6.45, 7) is 16.7. The number of aryl methyl sites for hydroxylation is 4. The van der Waals surface area contributed by atoms with E-state index in [0.29, 0.717) is 45.8 Å². The number of anilines is 4. The minimum absolute atomic E-state index is 0.0145. The molecule has 2 fully saturated rings. The van der Waals surface area contributed by atoms with Crippen LogP contribution < -0.4 is 73.9 Å². The zero-order valence-corrected chi connectivity index (χ0v) is 86.3. The Morgan fingerprint density at radius 3 is 1.30 bits per heavy atom. The van der Waals surface area contributed by atoms with Crippen LogP contribution in [0.3, 0.4) is 0 Å². The number of phosphoric acid groups is 6. The molecule has 60 heteroatoms. The third kappa shape index (κ3) is 28.0. The summed E-state index contributed by atoms with van der Waals surface area (Å²) in [5.41, 5.74) is 25.0. The molecule has 4 aromatic carbocycles. The van der Waals surface area contributed by atoms with Gasteiger partial charge in [-0.1, -0.05) is 36.4 Å². The number of hydrogen-bond acceptors (Lipinski definition) is 38. The number of carbonyl (C=O) groups excluding carboxylic acids is 6. The molecule has 6 unspecified atom stereocenters. The van der Waals surface area contributed by atoms with Crippen molar-refractivity contribution in [2.24, 2.45) is 0 Å². The molecule has 0 saturated carbocycles. The first-order chi connectivity index (χ1) is 70.0. The molecule has 0 radical (unpaired) electrons. The standard InChI is InChI=1S/2C44H55N10O17P3/c1-6-46-30-19-32-28(17-24(30)3)36(29-18-25(4)31(47-7-2)20-33(29)67-32)26-11-8-9-12-27(26)42(57)53(5)16-10-13-35(55)48-14-15-49-44(58)69-39-34(21-66-73(62,63)71-74(64,65)70-72(59,60)61)68-43(38(39)56)54-23-52-37-40(45)50-22-51-41(37)54;1-6-46-30-19-32-28(17-24(30)3)36(29-18-25(4)31(47-7-2)20-33(29)67-32)26-11-8-9-12-27(26)42(57)53(5)16-10-13-35(55)48-14-15-49-44(58)69-39-38(56)34(21-66-73(62,63)71-74(64,65)70-72(59,60)61)68-43(39)54-23-52-37-40(45)50-22-51-41(37)54/h2*8-9,11-12,17-20,22-23,34,38-39,43,46,56H,6-7,10,13-16,21H2,1-5H3,(H,48,55)(H,49,58)(H,62,63)(H,64,65)(H2,45,50,51)(H2,59,60,61)/t2*34-,38-,39-,43-/m11/s1. The number of nitrogens with two attached hydrogens (primary N) is 2. The molecule has 2 saturated heterocycles. The number of rotatable bonds is 42. The second kappa shape index (κ2) is 48.1. The lowest BCUT2D eigenvalue weighted by molar-refractivity contribution is -0.496. The number of alkyl carbamates (subject to hydrolysis) is 2. The van der Waals surface area contributed by atoms with Gasteiger partial charge in [-0.05, 0) is 127 Å². The fourth-order valence-corrected chi connectivity index (χ4v) is 22.6. The predicted octanol–water partition coefficient (Wildman–Crippen LogP) is 3.42. The van der Waals surface area contributed by atoms with Crippen molar-refractivity contribution in [3.63, 3.8) is 0 Å². The normalized spacial score (nSPS) is 19.5. The fourth-order valence-electron chi connectivity index (χ4n) is 16.6. The molecule has 8 aromatic rings. The van der Waals surface area contributed by atoms with Gasteiger partial charge in [0.05, 0.1) is 38.0 Å². The number of nitrogens with zero attached hydrogens (tertiary/aromatic N) is 10. The summed E-state index contributed by atoms with van der Waals surface area (Å²) in [7, 11) is -31.8. The van der Waals surface area contributed by atoms with E-state index in [1.807, 2.05) is 104 Å². The monoisotopic (exact) mass is 2180 g/mol. The van der Waals surface area contributed by atoms with E-state index in [1.54, 1.807) is 48.2 Å². The Hall–Kier alpha value is -12.4. The SMILES string of the molecule is CCNc1cc2oc3cc(=[NH+]CC)c(C)cc-3c(-c3ccccc3C(=O)N(C)CCCC(=O)NCCNC(=O)O[C@@H]3[C@H](O)[C@@H](COP(=O)(O)OP(=O)(O)OP(=O)([O-])O)O[C@H]3n3cnc4c(N)ncnc43)c2cc1C.CCNc1cc2oc3cc(=[NH+]CC)c(C)cc-3c(-c3ccccc3C(=O)N(C)CCCC(=O)NCCNC(=O)O[C@H]3[C@@H](O)[C@H](n4cnc5c(N)ncnc54)O[C@@H]3COP(=O)(O)OP(=O)(O)OP(=O)([O-])O)c2cc1C. The number of ether oxygens (including phenoxy) is 4. The van der Waals surface area contributed by atoms with Gasteiger partial charge in [0.25, 0.3) is 27.5 Å². The van der Waals surface area contributed by atoms with Crippen LogP contribution in [-0.4, -0.2) is 254 Å². The second-order valence-electron chi connectivity index (χ2n) is 33.8. The van der Waals surface area contributed by atoms with Crippen molar-refractivity contribution in [1.82, 2.24) is 70.1 Å². The first-order valence-electron chi connectivity index (χ1n) is 45.8. The van der Waals surface area contributed by atoms with Crippen LogP contribution in [0.15, 0.2) is 131 Å². The van der Waals surface area contributed by atoms with Gasteiger partial charge in [0.2, 0.25) is 22.5 Å². The maximum Gasteiger partial charge on any atom is 0.487 e. The van der Waals surface area contributed by atoms with E-state index in [0.717, 1.165) is 134 Å². The van der Waals surface area contributed by atoms with Crippen LogP contribution in [0.5, 0.6) is 0 Å². The van der Waals surface area contributed by atoms with Crippen LogP contribution in [0, 0.1) is 27.7 Å². The molecule has 14 rings (SSSR count). The zero-order chi connectivity index (χ0) is 107. The molecule has 2 aliphatic carbocycles. The maximum absolute atomic E-state index is 14.3. The van der Waals surface area contributed by atoms with Gasteiger partial charge in [-0.25, -0.2) is 76.4 Å². The van der Waals surface area contributed by atoms with Gasteiger partial charge in [0, 0.05) is 158 Å². The van der Waals surface area contributed by atoms with Crippen LogP contribution >= 0.6 is 46.9 Å². The van der Waals surface area contributed by atoms with Crippen LogP contribution in [0.2, 0.25) is 0 Å². The molecule has 6 amide bonds. The van der Waals surface area contributed by atoms with Gasteiger partial charge >= 0.3 is 43.5 Å². The fraction of sp³-hybridized carbons (Fsp3) is 0.386. The lowest BCUT2D eigenvalue weighted by Gasteiger charge is -2.23. The molecule has 0 spiro atoms. The van der Waals surface area contributed by atoms with Crippen molar-refractivity contribution in [3.05, 3.63) is 166 Å². The third-order valence-corrected chi connectivity index (χ3v) is 30.7. The second-order valence-corrected chi connectivity index (χ2v) is 42.5. The molecule has 20 N–H and O–H groups in total. The molecule has 4 aliphatic heterocycles. The number of benzene rings is 6. The lowest BCUT2D eigenvalue weighted by atomic mass is 9.89. The number of carbonyl (C=O) groups is 6. The van der Waals surface area contributed by atoms with E-state index in [9.17, 15) is 95.7 Å². The van der Waals surface area contributed by atoms with Gasteiger partial charge in [-0.2, -0.15) is 8.62 Å². The number of amides is 6. The third-order valence-electron chi connectivity index (χ3n) is 23.1. The Morgan fingerprint density at radius 2 is 0.878 bits per heavy atom. The molecule has 148 heavy (non-hydrogen) atoms. The number of nitrogens with one attached hydrogen (secondary N) is 8. The van der Waals surface area contributed by atoms with Crippen molar-refractivity contribution in [2.45, 2.75) is 130 Å². The number of nitrogen functional groups attached to an aromatic ring is 2. The van der Waals surface area contributed by atoms with Crippen molar-refractivity contribution < 1.29 is 170 Å². The largest absolute Gasteiger partial charge is 0.756 e. The molecular weight excluding hydrogens is 2070 g/mol. The Morgan fingerprint density at radius 1 is 0.480 bits per heavy atom. The predicted molar refractivity (Wildman–Crippen MR) is 523 cm³/mol. The molecule has 54 nitrogen and oxygen atoms in total. The Bertz CT molecular complexity index is 7370. The van der Waals surface area contributed by atoms with E-state index in [4.69, 9.17) is 53.6 Å². The molecule has 0 bridgehead atoms. The van der Waals surface area contributed by atoms with Crippen LogP contribution in [0.1, 0.15) is 109 Å². The van der Waals surface area contributed by atoms with E-state index >= 15 is 0 Å². The Kier molecular flexibility index (Phi) is 36.6. The minimum atomic E-state index is -5.95. The molecule has 796 valence electrons. The smallest absolute Gasteiger partial charge is 0.487 e. The average molecular weight is 2180 g/mol. The summed E-state index contributed by atoms with van der Waals surface area (Å²) in [5.74, 6) is -0.0718. The number of imidazole rings is 2. The summed E-state index contributed by atoms with van der Waals surface area (Å²) in [4.78, 5) is 193. The number of aliphatic hydroxyl groups excluding tert-OH is 2. The minimum Gasteiger partial charge on any atom is -0.756 e. The van der Waals surface area contributed by atoms with Crippen molar-refractivity contribution in [1.29, 1.82) is 0 Å². The molecule has 4 aromatic heterocycles. The molecule has 8 heterocycles. The number of aromatic nitrogens is 8. The van der Waals surface area contributed by atoms with Crippen molar-refractivity contribution in [3.8, 4) is 44.9 Å². The van der Waals surface area contributed by atoms with Crippen LogP contribution in [0.4, 0.5) is 32.6 Å². The highest BCUT2D eigenvalue weighted by Gasteiger charge is 2.52. The Labute approximate surface area is 842 Å². The summed E-state index contributed by atoms with van der Waals surface area (Å²) in [6, 6.07) is 30.9. The number of aliphatic hydroxyl groups is 2. The number of phosphoric ester groups is 2. The van der Waals surface area contributed by atoms with E-state index < -0.39 is 127 Å². The Balaban J connectivity index is 0.000000247. The number of hydrogen-bond donors (Lipinski definition) is 18. The summed E-state index contributed by atoms with van der Waals surface area (Å²) < 4.78 is 132. The van der Waals surface area contributed by atoms with Crippen molar-refractivity contribution >= 4 is 150 Å². The highest BCUT2D eigenvalue weighted by atomic mass is 31.3. The van der Waals surface area contributed by atoms with Crippen LogP contribution in [-0.2, 0) is 82.2 Å². The molecule has 6 aliphatic rings. The van der Waals surface area contributed by atoms with Crippen LogP contribution in [0.25, 0.3) is 89.2 Å². The van der Waals surface area contributed by atoms with E-state index in [2.05, 4.69) is 118 Å². The molecule has 14 atom stereocenters. The summed E-state index contributed by atoms with van der Waals surface area (Å²) in [5, 5.41) is 43.0. The average Bonchev–Trinajstić information content (AvgIpc) is 1.26. The highest BCUT2D eigenvalue weighted by Crippen LogP contribution is 2.67. The first-order valence-corrected chi connectivity index (χ1v) is 54.8. The van der Waals surface area contributed by atoms with Gasteiger partial charge in [-0.15, -0.1) is 0 Å². The zero-order valence-electron chi connectivity index (χ0n) is 81.0. The maximum atomic E-state index is 14.3. The first kappa shape index (κ1) is 113. The van der Waals surface area contributed by atoms with Crippen molar-refractivity contribution in [2.75, 3.05) is 115 Å². The van der Waals surface area contributed by atoms with Gasteiger partial charge in [0.1, 0.15) is 83.9 Å². The topological polar surface area (TPSA) is 777 Å². The number of fused-ring (bicyclic) bond motifs is 6.